The van der Waals surface area contributed by atoms with Gasteiger partial charge in [0.1, 0.15) is 5.82 Å². The molecule has 1 N–H and O–H groups in total. The number of nitrogens with zero attached hydrogens (tertiary/aromatic N) is 2. The van der Waals surface area contributed by atoms with Crippen molar-refractivity contribution in [2.24, 2.45) is 0 Å². The summed E-state index contributed by atoms with van der Waals surface area (Å²) in [6.07, 6.45) is 1.44. The Bertz CT molecular complexity index is 536. The highest BCUT2D eigenvalue weighted by Gasteiger charge is 2.07. The molecule has 0 aliphatic rings. The standard InChI is InChI=1S/C12H14FN3O/c1-9-11-4-3-10(13)7-12(11)16(15-9)6-2-5-14-8-17/h3-4,7-8H,2,5-6H2,1H3,(H,14,17). The first-order chi connectivity index (χ1) is 8.22. The molecule has 0 radical (unpaired) electrons. The number of fused-ring (bicyclic) bond motifs is 1. The molecule has 1 amide bonds. The van der Waals surface area contributed by atoms with Gasteiger partial charge in [-0.15, -0.1) is 0 Å². The lowest BCUT2D eigenvalue weighted by atomic mass is 10.2. The first-order valence-electron chi connectivity index (χ1n) is 5.52. The number of aromatic nitrogens is 2. The van der Waals surface area contributed by atoms with Crippen LogP contribution >= 0.6 is 0 Å². The summed E-state index contributed by atoms with van der Waals surface area (Å²) in [4.78, 5) is 10.1. The van der Waals surface area contributed by atoms with E-state index in [0.29, 0.717) is 19.5 Å². The van der Waals surface area contributed by atoms with Crippen LogP contribution in [-0.4, -0.2) is 22.7 Å². The summed E-state index contributed by atoms with van der Waals surface area (Å²) in [5.74, 6) is -0.260. The van der Waals surface area contributed by atoms with Crippen LogP contribution in [0.15, 0.2) is 18.2 Å². The molecule has 0 saturated carbocycles. The minimum Gasteiger partial charge on any atom is -0.359 e. The fraction of sp³-hybridized carbons (Fsp3) is 0.333. The highest BCUT2D eigenvalue weighted by molar-refractivity contribution is 5.81. The molecule has 1 heterocycles. The molecule has 0 bridgehead atoms. The van der Waals surface area contributed by atoms with E-state index in [1.54, 1.807) is 10.7 Å². The summed E-state index contributed by atoms with van der Waals surface area (Å²) in [5.41, 5.74) is 1.69. The molecule has 90 valence electrons. The van der Waals surface area contributed by atoms with Crippen LogP contribution in [0, 0.1) is 12.7 Å². The number of hydrogen-bond acceptors (Lipinski definition) is 2. The molecular weight excluding hydrogens is 221 g/mol. The van der Waals surface area contributed by atoms with Crippen molar-refractivity contribution in [3.8, 4) is 0 Å². The zero-order valence-corrected chi connectivity index (χ0v) is 9.61. The van der Waals surface area contributed by atoms with Gasteiger partial charge in [-0.1, -0.05) is 0 Å². The molecule has 0 saturated heterocycles. The third kappa shape index (κ3) is 2.43. The van der Waals surface area contributed by atoms with Gasteiger partial charge in [-0.2, -0.15) is 5.10 Å². The van der Waals surface area contributed by atoms with Gasteiger partial charge in [-0.3, -0.25) is 9.48 Å². The Morgan fingerprint density at radius 1 is 1.53 bits per heavy atom. The van der Waals surface area contributed by atoms with Gasteiger partial charge in [0.25, 0.3) is 0 Å². The molecule has 1 aromatic heterocycles. The van der Waals surface area contributed by atoms with Crippen LogP contribution in [0.5, 0.6) is 0 Å². The Morgan fingerprint density at radius 3 is 3.12 bits per heavy atom. The van der Waals surface area contributed by atoms with E-state index in [4.69, 9.17) is 0 Å². The molecular formula is C12H14FN3O. The first-order valence-corrected chi connectivity index (χ1v) is 5.52. The van der Waals surface area contributed by atoms with E-state index in [2.05, 4.69) is 10.4 Å². The van der Waals surface area contributed by atoms with E-state index in [-0.39, 0.29) is 5.82 Å². The van der Waals surface area contributed by atoms with E-state index in [0.717, 1.165) is 23.0 Å². The maximum Gasteiger partial charge on any atom is 0.207 e. The van der Waals surface area contributed by atoms with Crippen molar-refractivity contribution >= 4 is 17.3 Å². The third-order valence-corrected chi connectivity index (χ3v) is 2.67. The quantitative estimate of drug-likeness (QED) is 0.632. The number of carbonyl (C=O) groups is 1. The van der Waals surface area contributed by atoms with E-state index >= 15 is 0 Å². The van der Waals surface area contributed by atoms with Crippen LogP contribution < -0.4 is 5.32 Å². The summed E-state index contributed by atoms with van der Waals surface area (Å²) in [6.45, 7) is 3.16. The van der Waals surface area contributed by atoms with Crippen molar-refractivity contribution < 1.29 is 9.18 Å². The first kappa shape index (κ1) is 11.6. The maximum absolute atomic E-state index is 13.2. The lowest BCUT2D eigenvalue weighted by Gasteiger charge is -2.03. The summed E-state index contributed by atoms with van der Waals surface area (Å²) in [5, 5.41) is 7.92. The number of amides is 1. The second-order valence-corrected chi connectivity index (χ2v) is 3.90. The highest BCUT2D eigenvalue weighted by Crippen LogP contribution is 2.19. The molecule has 0 spiro atoms. The van der Waals surface area contributed by atoms with Crippen molar-refractivity contribution in [2.45, 2.75) is 19.9 Å². The third-order valence-electron chi connectivity index (χ3n) is 2.67. The Morgan fingerprint density at radius 2 is 2.35 bits per heavy atom. The van der Waals surface area contributed by atoms with Crippen LogP contribution in [0.3, 0.4) is 0 Å². The van der Waals surface area contributed by atoms with Crippen LogP contribution in [0.4, 0.5) is 4.39 Å². The van der Waals surface area contributed by atoms with Crippen molar-refractivity contribution in [3.05, 3.63) is 29.7 Å². The zero-order chi connectivity index (χ0) is 12.3. The largest absolute Gasteiger partial charge is 0.359 e. The fourth-order valence-corrected chi connectivity index (χ4v) is 1.87. The van der Waals surface area contributed by atoms with Crippen molar-refractivity contribution in [1.29, 1.82) is 0 Å². The monoisotopic (exact) mass is 235 g/mol. The molecule has 2 aromatic rings. The number of rotatable bonds is 5. The second kappa shape index (κ2) is 4.95. The predicted molar refractivity (Wildman–Crippen MR) is 63.1 cm³/mol. The molecule has 17 heavy (non-hydrogen) atoms. The molecule has 0 atom stereocenters. The van der Waals surface area contributed by atoms with Gasteiger partial charge < -0.3 is 5.32 Å². The molecule has 0 fully saturated rings. The number of hydrogen-bond donors (Lipinski definition) is 1. The molecule has 0 aliphatic heterocycles. The Hall–Kier alpha value is -1.91. The second-order valence-electron chi connectivity index (χ2n) is 3.90. The Balaban J connectivity index is 2.21. The van der Waals surface area contributed by atoms with Crippen LogP contribution in [0.25, 0.3) is 10.9 Å². The molecule has 1 aromatic carbocycles. The molecule has 5 heteroatoms. The number of nitrogens with one attached hydrogen (secondary N) is 1. The van der Waals surface area contributed by atoms with E-state index in [1.807, 2.05) is 6.92 Å². The lowest BCUT2D eigenvalue weighted by Crippen LogP contribution is -2.14. The van der Waals surface area contributed by atoms with Gasteiger partial charge in [-0.05, 0) is 31.5 Å². The minimum absolute atomic E-state index is 0.260. The summed E-state index contributed by atoms with van der Waals surface area (Å²) in [7, 11) is 0. The van der Waals surface area contributed by atoms with Gasteiger partial charge in [0.2, 0.25) is 6.41 Å². The van der Waals surface area contributed by atoms with Crippen LogP contribution in [0.2, 0.25) is 0 Å². The van der Waals surface area contributed by atoms with Gasteiger partial charge in [-0.25, -0.2) is 4.39 Å². The Kier molecular flexibility index (Phi) is 3.37. The maximum atomic E-state index is 13.2. The van der Waals surface area contributed by atoms with Gasteiger partial charge >= 0.3 is 0 Å². The average Bonchev–Trinajstić information content (AvgIpc) is 2.61. The van der Waals surface area contributed by atoms with Crippen LogP contribution in [-0.2, 0) is 11.3 Å². The molecule has 2 rings (SSSR count). The number of aryl methyl sites for hydroxylation is 2. The zero-order valence-electron chi connectivity index (χ0n) is 9.61. The topological polar surface area (TPSA) is 46.9 Å². The van der Waals surface area contributed by atoms with Gasteiger partial charge in [0.05, 0.1) is 11.2 Å². The molecule has 0 aliphatic carbocycles. The fourth-order valence-electron chi connectivity index (χ4n) is 1.87. The van der Waals surface area contributed by atoms with Gasteiger partial charge in [0, 0.05) is 18.5 Å². The average molecular weight is 235 g/mol. The summed E-state index contributed by atoms with van der Waals surface area (Å²) >= 11 is 0. The minimum atomic E-state index is -0.260. The summed E-state index contributed by atoms with van der Waals surface area (Å²) in [6, 6.07) is 4.67. The van der Waals surface area contributed by atoms with Crippen LogP contribution in [0.1, 0.15) is 12.1 Å². The normalized spacial score (nSPS) is 10.7. The Labute approximate surface area is 98.4 Å². The predicted octanol–water partition coefficient (Wildman–Crippen LogP) is 1.62. The highest BCUT2D eigenvalue weighted by atomic mass is 19.1. The van der Waals surface area contributed by atoms with Crippen molar-refractivity contribution in [2.75, 3.05) is 6.54 Å². The molecule has 0 unspecified atom stereocenters. The van der Waals surface area contributed by atoms with E-state index < -0.39 is 0 Å². The number of halogens is 1. The van der Waals surface area contributed by atoms with E-state index in [9.17, 15) is 9.18 Å². The number of benzene rings is 1. The lowest BCUT2D eigenvalue weighted by molar-refractivity contribution is -0.109. The van der Waals surface area contributed by atoms with Gasteiger partial charge in [0.15, 0.2) is 0 Å². The van der Waals surface area contributed by atoms with Crippen molar-refractivity contribution in [1.82, 2.24) is 15.1 Å². The number of carbonyl (C=O) groups excluding carboxylic acids is 1. The molecule has 4 nitrogen and oxygen atoms in total. The van der Waals surface area contributed by atoms with E-state index in [1.165, 1.54) is 12.1 Å². The van der Waals surface area contributed by atoms with Crippen molar-refractivity contribution in [3.63, 3.8) is 0 Å². The summed E-state index contributed by atoms with van der Waals surface area (Å²) < 4.78 is 14.9. The SMILES string of the molecule is Cc1nn(CCCNC=O)c2cc(F)ccc12. The smallest absolute Gasteiger partial charge is 0.207 e.